The number of pyridine rings is 1. The number of aromatic nitrogens is 1. The molecule has 1 aliphatic heterocycles. The number of carbonyl (C=O) groups is 1. The number of piperidine rings is 1. The second kappa shape index (κ2) is 6.20. The Morgan fingerprint density at radius 3 is 2.88 bits per heavy atom. The molecule has 1 fully saturated rings. The number of fused-ring (bicyclic) bond motifs is 1. The van der Waals surface area contributed by atoms with Crippen molar-refractivity contribution in [3.05, 3.63) is 29.6 Å². The van der Waals surface area contributed by atoms with Crippen molar-refractivity contribution in [1.29, 1.82) is 0 Å². The Morgan fingerprint density at radius 2 is 2.25 bits per heavy atom. The van der Waals surface area contributed by atoms with Gasteiger partial charge in [0.25, 0.3) is 0 Å². The van der Waals surface area contributed by atoms with Crippen LogP contribution < -0.4 is 4.72 Å². The van der Waals surface area contributed by atoms with Gasteiger partial charge in [0.05, 0.1) is 0 Å². The molecule has 3 atom stereocenters. The van der Waals surface area contributed by atoms with Crippen molar-refractivity contribution in [2.24, 2.45) is 5.41 Å². The minimum atomic E-state index is -1.31. The number of carboxylic acid groups (broad SMARTS) is 1. The topological polar surface area (TPSA) is 88.5 Å². The monoisotopic (exact) mass is 351 g/mol. The Hall–Kier alpha value is -1.31. The molecule has 7 heteroatoms. The second-order valence-electron chi connectivity index (χ2n) is 7.91. The first-order chi connectivity index (χ1) is 11.2. The van der Waals surface area contributed by atoms with E-state index in [1.165, 1.54) is 10.5 Å². The van der Waals surface area contributed by atoms with Gasteiger partial charge < -0.3 is 9.66 Å². The number of hydrogen-bond acceptors (Lipinski definition) is 4. The van der Waals surface area contributed by atoms with Crippen molar-refractivity contribution >= 4 is 17.5 Å². The van der Waals surface area contributed by atoms with Crippen LogP contribution in [0.2, 0.25) is 0 Å². The van der Waals surface area contributed by atoms with Crippen LogP contribution >= 0.6 is 0 Å². The van der Waals surface area contributed by atoms with Gasteiger partial charge in [0.1, 0.15) is 10.9 Å². The molecule has 24 heavy (non-hydrogen) atoms. The van der Waals surface area contributed by atoms with Gasteiger partial charge in [-0.05, 0) is 63.5 Å². The van der Waals surface area contributed by atoms with Gasteiger partial charge in [-0.3, -0.25) is 9.88 Å². The maximum atomic E-state index is 12.5. The van der Waals surface area contributed by atoms with Crippen LogP contribution in [0, 0.1) is 5.41 Å². The third-order valence-corrected chi connectivity index (χ3v) is 6.62. The normalized spacial score (nSPS) is 28.0. The van der Waals surface area contributed by atoms with Crippen LogP contribution in [0.4, 0.5) is 4.79 Å². The zero-order chi connectivity index (χ0) is 17.5. The molecule has 1 amide bonds. The predicted molar refractivity (Wildman–Crippen MR) is 92.9 cm³/mol. The summed E-state index contributed by atoms with van der Waals surface area (Å²) in [5.74, 6) is 0. The van der Waals surface area contributed by atoms with Gasteiger partial charge in [-0.2, -0.15) is 0 Å². The predicted octanol–water partition coefficient (Wildman–Crippen LogP) is 2.32. The van der Waals surface area contributed by atoms with Gasteiger partial charge in [0.2, 0.25) is 0 Å². The molecule has 0 radical (unpaired) electrons. The van der Waals surface area contributed by atoms with Crippen LogP contribution in [0.25, 0.3) is 0 Å². The third kappa shape index (κ3) is 3.38. The van der Waals surface area contributed by atoms with E-state index < -0.39 is 28.4 Å². The van der Waals surface area contributed by atoms with Crippen molar-refractivity contribution in [3.8, 4) is 0 Å². The maximum Gasteiger partial charge on any atom is 0.408 e. The Labute approximate surface area is 146 Å². The van der Waals surface area contributed by atoms with Crippen LogP contribution in [0.1, 0.15) is 44.9 Å². The van der Waals surface area contributed by atoms with Gasteiger partial charge in [0.15, 0.2) is 0 Å². The number of amides is 1. The van der Waals surface area contributed by atoms with Gasteiger partial charge >= 0.3 is 6.09 Å². The number of nitrogens with one attached hydrogen (secondary N) is 1. The lowest BCUT2D eigenvalue weighted by atomic mass is 9.75. The largest absolute Gasteiger partial charge is 0.598 e. The fourth-order valence-electron chi connectivity index (χ4n) is 3.70. The fraction of sp³-hybridized carbons (Fsp3) is 0.647. The lowest BCUT2D eigenvalue weighted by Crippen LogP contribution is -2.59. The SMILES string of the molecule is CC(C)(C)[S+]([O-])NC1CC2(CCN1C(=O)O)Cc1cccnc1C2. The van der Waals surface area contributed by atoms with Crippen molar-refractivity contribution < 1.29 is 14.5 Å². The first-order valence-corrected chi connectivity index (χ1v) is 9.46. The van der Waals surface area contributed by atoms with E-state index in [9.17, 15) is 14.5 Å². The van der Waals surface area contributed by atoms with Crippen molar-refractivity contribution in [2.75, 3.05) is 6.54 Å². The minimum Gasteiger partial charge on any atom is -0.598 e. The van der Waals surface area contributed by atoms with Crippen LogP contribution in [0.3, 0.4) is 0 Å². The van der Waals surface area contributed by atoms with E-state index in [4.69, 9.17) is 0 Å². The zero-order valence-corrected chi connectivity index (χ0v) is 15.2. The van der Waals surface area contributed by atoms with Gasteiger partial charge in [0, 0.05) is 29.8 Å². The third-order valence-electron chi connectivity index (χ3n) is 5.02. The second-order valence-corrected chi connectivity index (χ2v) is 9.91. The summed E-state index contributed by atoms with van der Waals surface area (Å²) in [5, 5.41) is 9.50. The standard InChI is InChI=1S/C17H25N3O3S/c1-16(2,3)24(23)19-14-11-17(6-8-20(14)15(21)22)9-12-5-4-7-18-13(12)10-17/h4-5,7,14,19H,6,8-11H2,1-3H3,(H,21,22). The maximum absolute atomic E-state index is 12.5. The van der Waals surface area contributed by atoms with Crippen molar-refractivity contribution in [1.82, 2.24) is 14.6 Å². The van der Waals surface area contributed by atoms with E-state index in [-0.39, 0.29) is 5.41 Å². The van der Waals surface area contributed by atoms with E-state index in [0.29, 0.717) is 13.0 Å². The average Bonchev–Trinajstić information content (AvgIpc) is 2.83. The van der Waals surface area contributed by atoms with E-state index in [0.717, 1.165) is 25.0 Å². The first-order valence-electron chi connectivity index (χ1n) is 8.31. The fourth-order valence-corrected chi connectivity index (χ4v) is 4.52. The number of likely N-dealkylation sites (tertiary alicyclic amines) is 1. The van der Waals surface area contributed by atoms with Crippen molar-refractivity contribution in [3.63, 3.8) is 0 Å². The number of rotatable bonds is 2. The molecule has 1 aromatic heterocycles. The summed E-state index contributed by atoms with van der Waals surface area (Å²) in [6.07, 6.45) is 3.70. The lowest BCUT2D eigenvalue weighted by Gasteiger charge is -2.44. The molecule has 0 bridgehead atoms. The molecule has 1 saturated heterocycles. The van der Waals surface area contributed by atoms with E-state index in [1.54, 1.807) is 0 Å². The lowest BCUT2D eigenvalue weighted by molar-refractivity contribution is 0.0485. The molecule has 2 aliphatic rings. The molecule has 132 valence electrons. The quantitative estimate of drug-likeness (QED) is 0.798. The molecular weight excluding hydrogens is 326 g/mol. The van der Waals surface area contributed by atoms with E-state index in [2.05, 4.69) is 15.8 Å². The summed E-state index contributed by atoms with van der Waals surface area (Å²) < 4.78 is 15.1. The van der Waals surface area contributed by atoms with Crippen LogP contribution in [0.15, 0.2) is 18.3 Å². The van der Waals surface area contributed by atoms with Gasteiger partial charge in [-0.1, -0.05) is 6.07 Å². The summed E-state index contributed by atoms with van der Waals surface area (Å²) in [4.78, 5) is 17.5. The summed E-state index contributed by atoms with van der Waals surface area (Å²) in [7, 11) is 0. The highest BCUT2D eigenvalue weighted by Crippen LogP contribution is 2.45. The minimum absolute atomic E-state index is 0.0163. The molecule has 3 unspecified atom stereocenters. The Kier molecular flexibility index (Phi) is 4.53. The molecule has 2 heterocycles. The van der Waals surface area contributed by atoms with Crippen molar-refractivity contribution in [2.45, 2.75) is 57.4 Å². The van der Waals surface area contributed by atoms with E-state index >= 15 is 0 Å². The number of hydrogen-bond donors (Lipinski definition) is 2. The molecule has 0 saturated carbocycles. The summed E-state index contributed by atoms with van der Waals surface area (Å²) >= 11 is -1.31. The smallest absolute Gasteiger partial charge is 0.408 e. The first kappa shape index (κ1) is 17.5. The highest BCUT2D eigenvalue weighted by molar-refractivity contribution is 7.90. The molecule has 1 aliphatic carbocycles. The highest BCUT2D eigenvalue weighted by Gasteiger charge is 2.47. The molecular formula is C17H25N3O3S. The van der Waals surface area contributed by atoms with Gasteiger partial charge in [-0.25, -0.2) is 4.79 Å². The molecule has 0 aromatic carbocycles. The average molecular weight is 351 g/mol. The molecule has 6 nitrogen and oxygen atoms in total. The molecule has 2 N–H and O–H groups in total. The summed E-state index contributed by atoms with van der Waals surface area (Å²) in [6, 6.07) is 4.06. The highest BCUT2D eigenvalue weighted by atomic mass is 32.2. The Bertz CT molecular complexity index is 607. The van der Waals surface area contributed by atoms with Crippen LogP contribution in [-0.2, 0) is 24.2 Å². The molecule has 1 spiro atoms. The molecule has 1 aromatic rings. The summed E-state index contributed by atoms with van der Waals surface area (Å²) in [5.41, 5.74) is 2.40. The summed E-state index contributed by atoms with van der Waals surface area (Å²) in [6.45, 7) is 6.11. The zero-order valence-electron chi connectivity index (χ0n) is 14.4. The molecule has 3 rings (SSSR count). The van der Waals surface area contributed by atoms with Gasteiger partial charge in [-0.15, -0.1) is 4.72 Å². The van der Waals surface area contributed by atoms with E-state index in [1.807, 2.05) is 33.0 Å². The number of nitrogens with zero attached hydrogens (tertiary/aromatic N) is 2. The van der Waals surface area contributed by atoms with Crippen LogP contribution in [0.5, 0.6) is 0 Å². The Morgan fingerprint density at radius 1 is 1.50 bits per heavy atom. The Balaban J connectivity index is 1.79. The van der Waals surface area contributed by atoms with Crippen LogP contribution in [-0.4, -0.2) is 43.1 Å².